The first-order valence-electron chi connectivity index (χ1n) is 8.93. The van der Waals surface area contributed by atoms with E-state index in [4.69, 9.17) is 5.73 Å². The molecule has 122 valence electrons. The number of nitrogens with zero attached hydrogens (tertiary/aromatic N) is 1. The van der Waals surface area contributed by atoms with Crippen molar-refractivity contribution in [2.75, 3.05) is 19.6 Å². The van der Waals surface area contributed by atoms with Crippen LogP contribution in [0.5, 0.6) is 0 Å². The molecule has 1 saturated carbocycles. The Hall–Kier alpha value is -0.610. The number of rotatable bonds is 6. The minimum atomic E-state index is 0.00212. The predicted molar refractivity (Wildman–Crippen MR) is 87.1 cm³/mol. The average Bonchev–Trinajstić information content (AvgIpc) is 2.54. The van der Waals surface area contributed by atoms with E-state index in [1.54, 1.807) is 0 Å². The SMILES string of the molecule is CCC(N)CC(=O)NCC1(N2CCCCC2)CCCCC1. The molecule has 1 aliphatic carbocycles. The van der Waals surface area contributed by atoms with Crippen molar-refractivity contribution in [2.24, 2.45) is 5.73 Å². The number of nitrogens with one attached hydrogen (secondary N) is 1. The molecular weight excluding hydrogens is 262 g/mol. The van der Waals surface area contributed by atoms with Crippen molar-refractivity contribution >= 4 is 5.91 Å². The van der Waals surface area contributed by atoms with Crippen LogP contribution in [0.2, 0.25) is 0 Å². The van der Waals surface area contributed by atoms with Crippen molar-refractivity contribution in [3.8, 4) is 0 Å². The van der Waals surface area contributed by atoms with Gasteiger partial charge in [-0.25, -0.2) is 0 Å². The van der Waals surface area contributed by atoms with Gasteiger partial charge in [0.1, 0.15) is 0 Å². The number of amides is 1. The minimum Gasteiger partial charge on any atom is -0.354 e. The maximum Gasteiger partial charge on any atom is 0.221 e. The number of hydrogen-bond acceptors (Lipinski definition) is 3. The summed E-state index contributed by atoms with van der Waals surface area (Å²) in [4.78, 5) is 14.7. The molecule has 3 N–H and O–H groups in total. The van der Waals surface area contributed by atoms with Crippen LogP contribution in [0, 0.1) is 0 Å². The highest BCUT2D eigenvalue weighted by Crippen LogP contribution is 2.35. The maximum atomic E-state index is 12.1. The summed E-state index contributed by atoms with van der Waals surface area (Å²) in [6, 6.07) is 0.00212. The molecule has 21 heavy (non-hydrogen) atoms. The van der Waals surface area contributed by atoms with Gasteiger partial charge in [0.25, 0.3) is 0 Å². The molecule has 0 spiro atoms. The van der Waals surface area contributed by atoms with E-state index in [1.807, 2.05) is 6.92 Å². The van der Waals surface area contributed by atoms with Gasteiger partial charge in [-0.05, 0) is 45.2 Å². The van der Waals surface area contributed by atoms with Crippen LogP contribution in [0.1, 0.15) is 71.1 Å². The first-order chi connectivity index (χ1) is 10.2. The Morgan fingerprint density at radius 3 is 2.38 bits per heavy atom. The molecule has 0 bridgehead atoms. The van der Waals surface area contributed by atoms with Crippen molar-refractivity contribution in [3.63, 3.8) is 0 Å². The zero-order valence-electron chi connectivity index (χ0n) is 13.7. The third kappa shape index (κ3) is 4.68. The van der Waals surface area contributed by atoms with Crippen LogP contribution in [-0.2, 0) is 4.79 Å². The van der Waals surface area contributed by atoms with E-state index in [9.17, 15) is 4.79 Å². The Morgan fingerprint density at radius 1 is 1.14 bits per heavy atom. The van der Waals surface area contributed by atoms with E-state index in [2.05, 4.69) is 10.2 Å². The van der Waals surface area contributed by atoms with Gasteiger partial charge in [0.15, 0.2) is 0 Å². The Bertz CT molecular complexity index is 320. The molecule has 1 saturated heterocycles. The molecule has 0 aromatic rings. The van der Waals surface area contributed by atoms with Crippen LogP contribution in [0.15, 0.2) is 0 Å². The van der Waals surface area contributed by atoms with Crippen molar-refractivity contribution in [2.45, 2.75) is 82.7 Å². The van der Waals surface area contributed by atoms with Gasteiger partial charge in [0.05, 0.1) is 0 Å². The van der Waals surface area contributed by atoms with Gasteiger partial charge < -0.3 is 11.1 Å². The second-order valence-corrected chi connectivity index (χ2v) is 6.98. The van der Waals surface area contributed by atoms with Gasteiger partial charge in [-0.3, -0.25) is 9.69 Å². The number of carbonyl (C=O) groups is 1. The number of piperidine rings is 1. The van der Waals surface area contributed by atoms with Crippen molar-refractivity contribution in [1.29, 1.82) is 0 Å². The standard InChI is InChI=1S/C17H33N3O/c1-2-15(18)13-16(21)19-14-17(9-5-3-6-10-17)20-11-7-4-8-12-20/h15H,2-14,18H2,1H3,(H,19,21). The van der Waals surface area contributed by atoms with Crippen LogP contribution >= 0.6 is 0 Å². The fourth-order valence-electron chi connectivity index (χ4n) is 3.90. The molecule has 4 nitrogen and oxygen atoms in total. The zero-order valence-corrected chi connectivity index (χ0v) is 13.7. The molecule has 0 radical (unpaired) electrons. The van der Waals surface area contributed by atoms with Gasteiger partial charge in [-0.15, -0.1) is 0 Å². The number of hydrogen-bond donors (Lipinski definition) is 2. The first-order valence-corrected chi connectivity index (χ1v) is 8.93. The average molecular weight is 295 g/mol. The summed E-state index contributed by atoms with van der Waals surface area (Å²) in [5.41, 5.74) is 6.11. The summed E-state index contributed by atoms with van der Waals surface area (Å²) in [5, 5.41) is 3.20. The monoisotopic (exact) mass is 295 g/mol. The van der Waals surface area contributed by atoms with Crippen molar-refractivity contribution < 1.29 is 4.79 Å². The minimum absolute atomic E-state index is 0.00212. The molecule has 4 heteroatoms. The smallest absolute Gasteiger partial charge is 0.221 e. The molecule has 0 aromatic heterocycles. The molecule has 1 heterocycles. The van der Waals surface area contributed by atoms with Crippen LogP contribution in [-0.4, -0.2) is 42.0 Å². The van der Waals surface area contributed by atoms with Gasteiger partial charge in [0.2, 0.25) is 5.91 Å². The largest absolute Gasteiger partial charge is 0.354 e. The second kappa shape index (κ2) is 8.14. The second-order valence-electron chi connectivity index (χ2n) is 6.98. The molecule has 2 aliphatic rings. The van der Waals surface area contributed by atoms with Gasteiger partial charge >= 0.3 is 0 Å². The Kier molecular flexibility index (Phi) is 6.49. The van der Waals surface area contributed by atoms with Crippen molar-refractivity contribution in [1.82, 2.24) is 10.2 Å². The van der Waals surface area contributed by atoms with Crippen LogP contribution in [0.25, 0.3) is 0 Å². The summed E-state index contributed by atoms with van der Waals surface area (Å²) in [7, 11) is 0. The van der Waals surface area contributed by atoms with E-state index in [-0.39, 0.29) is 17.5 Å². The third-order valence-electron chi connectivity index (χ3n) is 5.40. The van der Waals surface area contributed by atoms with E-state index in [0.29, 0.717) is 6.42 Å². The lowest BCUT2D eigenvalue weighted by Gasteiger charge is -2.48. The van der Waals surface area contributed by atoms with Crippen LogP contribution in [0.3, 0.4) is 0 Å². The molecule has 2 rings (SSSR count). The lowest BCUT2D eigenvalue weighted by Crippen LogP contribution is -2.58. The molecule has 1 amide bonds. The number of carbonyl (C=O) groups excluding carboxylic acids is 1. The first kappa shape index (κ1) is 16.8. The van der Waals surface area contributed by atoms with Gasteiger partial charge in [-0.2, -0.15) is 0 Å². The molecule has 1 unspecified atom stereocenters. The molecule has 0 aromatic carbocycles. The van der Waals surface area contributed by atoms with Crippen LogP contribution in [0.4, 0.5) is 0 Å². The predicted octanol–water partition coefficient (Wildman–Crippen LogP) is 2.42. The van der Waals surface area contributed by atoms with E-state index in [0.717, 1.165) is 13.0 Å². The number of likely N-dealkylation sites (tertiary alicyclic amines) is 1. The summed E-state index contributed by atoms with van der Waals surface area (Å²) in [5.74, 6) is 0.131. The zero-order chi connectivity index (χ0) is 15.1. The third-order valence-corrected chi connectivity index (χ3v) is 5.40. The van der Waals surface area contributed by atoms with Crippen LogP contribution < -0.4 is 11.1 Å². The highest BCUT2D eigenvalue weighted by atomic mass is 16.1. The quantitative estimate of drug-likeness (QED) is 0.791. The number of nitrogens with two attached hydrogens (primary N) is 1. The normalized spacial score (nSPS) is 24.5. The summed E-state index contributed by atoms with van der Waals surface area (Å²) in [6.45, 7) is 5.28. The van der Waals surface area contributed by atoms with E-state index >= 15 is 0 Å². The molecular formula is C17H33N3O. The summed E-state index contributed by atoms with van der Waals surface area (Å²) in [6.07, 6.45) is 11.8. The van der Waals surface area contributed by atoms with E-state index < -0.39 is 0 Å². The van der Waals surface area contributed by atoms with Crippen molar-refractivity contribution in [3.05, 3.63) is 0 Å². The maximum absolute atomic E-state index is 12.1. The highest BCUT2D eigenvalue weighted by Gasteiger charge is 2.38. The fourth-order valence-corrected chi connectivity index (χ4v) is 3.90. The fraction of sp³-hybridized carbons (Fsp3) is 0.941. The molecule has 2 fully saturated rings. The summed E-state index contributed by atoms with van der Waals surface area (Å²) < 4.78 is 0. The Labute approximate surface area is 129 Å². The Morgan fingerprint density at radius 2 is 1.76 bits per heavy atom. The lowest BCUT2D eigenvalue weighted by atomic mass is 9.79. The summed E-state index contributed by atoms with van der Waals surface area (Å²) >= 11 is 0. The van der Waals surface area contributed by atoms with E-state index in [1.165, 1.54) is 64.5 Å². The molecule has 1 aliphatic heterocycles. The molecule has 1 atom stereocenters. The van der Waals surface area contributed by atoms with Gasteiger partial charge in [-0.1, -0.05) is 32.6 Å². The lowest BCUT2D eigenvalue weighted by molar-refractivity contribution is -0.122. The highest BCUT2D eigenvalue weighted by molar-refractivity contribution is 5.76. The topological polar surface area (TPSA) is 58.4 Å². The Balaban J connectivity index is 1.91. The van der Waals surface area contributed by atoms with Gasteiger partial charge in [0, 0.05) is 24.5 Å².